The first-order valence-electron chi connectivity index (χ1n) is 7.27. The molecule has 0 unspecified atom stereocenters. The van der Waals surface area contributed by atoms with Gasteiger partial charge < -0.3 is 5.11 Å². The fourth-order valence-corrected chi connectivity index (χ4v) is 3.47. The van der Waals surface area contributed by atoms with Crippen LogP contribution in [-0.2, 0) is 10.0 Å². The lowest BCUT2D eigenvalue weighted by Crippen LogP contribution is -2.34. The van der Waals surface area contributed by atoms with E-state index in [4.69, 9.17) is 0 Å². The van der Waals surface area contributed by atoms with Gasteiger partial charge in [-0.1, -0.05) is 24.6 Å². The number of nitrogens with one attached hydrogen (secondary N) is 1. The van der Waals surface area contributed by atoms with Gasteiger partial charge in [-0.25, -0.2) is 4.83 Å². The molecule has 1 fully saturated rings. The Morgan fingerprint density at radius 2 is 2.00 bits per heavy atom. The van der Waals surface area contributed by atoms with Gasteiger partial charge in [0.05, 0.1) is 11.0 Å². The van der Waals surface area contributed by atoms with Gasteiger partial charge >= 0.3 is 0 Å². The molecule has 0 aromatic heterocycles. The maximum atomic E-state index is 12.2. The highest BCUT2D eigenvalue weighted by Gasteiger charge is 2.27. The number of hydrogen-bond acceptors (Lipinski definition) is 4. The number of aliphatic hydroxyl groups excluding tert-OH is 1. The van der Waals surface area contributed by atoms with E-state index < -0.39 is 16.1 Å². The Labute approximate surface area is 126 Å². The summed E-state index contributed by atoms with van der Waals surface area (Å²) in [6.07, 6.45) is 2.65. The molecule has 6 heteroatoms. The van der Waals surface area contributed by atoms with Crippen LogP contribution in [-0.4, -0.2) is 25.3 Å². The number of rotatable bonds is 4. The topological polar surface area (TPSA) is 78.8 Å². The molecule has 0 amide bonds. The lowest BCUT2D eigenvalue weighted by Gasteiger charge is -2.28. The maximum Gasteiger partial charge on any atom is 0.276 e. The Kier molecular flexibility index (Phi) is 5.00. The standard InChI is InChI=1S/C15H22N2O3S/c1-3-13-14(5-4-6-15(13)18)16-17-21(19,20)12-9-7-11(2)8-10-12/h7-10,13,15,17-18H,3-6H2,1-2H3/b16-14+/t13-,15+/m1/s1. The third-order valence-electron chi connectivity index (χ3n) is 3.91. The van der Waals surface area contributed by atoms with E-state index in [9.17, 15) is 13.5 Å². The Balaban J connectivity index is 2.16. The number of aliphatic hydroxyl groups is 1. The molecule has 21 heavy (non-hydrogen) atoms. The van der Waals surface area contributed by atoms with Crippen molar-refractivity contribution in [2.45, 2.75) is 50.5 Å². The number of nitrogens with zero attached hydrogens (tertiary/aromatic N) is 1. The average Bonchev–Trinajstić information content (AvgIpc) is 2.46. The second kappa shape index (κ2) is 6.58. The molecule has 1 aromatic rings. The zero-order chi connectivity index (χ0) is 15.5. The van der Waals surface area contributed by atoms with Gasteiger partial charge in [-0.3, -0.25) is 0 Å². The first-order valence-corrected chi connectivity index (χ1v) is 8.75. The Bertz CT molecular complexity index is 608. The van der Waals surface area contributed by atoms with Crippen molar-refractivity contribution in [3.05, 3.63) is 29.8 Å². The van der Waals surface area contributed by atoms with Crippen LogP contribution in [0.2, 0.25) is 0 Å². The third kappa shape index (κ3) is 3.83. The van der Waals surface area contributed by atoms with Gasteiger partial charge in [0.25, 0.3) is 10.0 Å². The van der Waals surface area contributed by atoms with Crippen LogP contribution in [0.3, 0.4) is 0 Å². The van der Waals surface area contributed by atoms with Gasteiger partial charge in [0.15, 0.2) is 0 Å². The third-order valence-corrected chi connectivity index (χ3v) is 5.13. The highest BCUT2D eigenvalue weighted by molar-refractivity contribution is 7.89. The van der Waals surface area contributed by atoms with Crippen molar-refractivity contribution in [2.24, 2.45) is 11.0 Å². The number of aryl methyl sites for hydroxylation is 1. The summed E-state index contributed by atoms with van der Waals surface area (Å²) in [5.41, 5.74) is 1.74. The van der Waals surface area contributed by atoms with Crippen LogP contribution >= 0.6 is 0 Å². The second-order valence-corrected chi connectivity index (χ2v) is 7.15. The van der Waals surface area contributed by atoms with E-state index in [0.717, 1.165) is 37.0 Å². The molecule has 2 N–H and O–H groups in total. The molecule has 0 radical (unpaired) electrons. The molecule has 1 saturated carbocycles. The summed E-state index contributed by atoms with van der Waals surface area (Å²) in [5.74, 6) is -0.0560. The zero-order valence-corrected chi connectivity index (χ0v) is 13.2. The van der Waals surface area contributed by atoms with E-state index in [2.05, 4.69) is 9.93 Å². The molecule has 0 heterocycles. The molecular weight excluding hydrogens is 288 g/mol. The molecule has 2 rings (SSSR count). The number of hydrazone groups is 1. The summed E-state index contributed by atoms with van der Waals surface area (Å²) in [6.45, 7) is 3.88. The number of hydrogen-bond donors (Lipinski definition) is 2. The van der Waals surface area contributed by atoms with Crippen molar-refractivity contribution in [1.29, 1.82) is 0 Å². The van der Waals surface area contributed by atoms with Crippen molar-refractivity contribution in [2.75, 3.05) is 0 Å². The molecule has 0 bridgehead atoms. The Morgan fingerprint density at radius 3 is 2.62 bits per heavy atom. The van der Waals surface area contributed by atoms with Gasteiger partial charge in [-0.15, -0.1) is 0 Å². The van der Waals surface area contributed by atoms with E-state index in [1.807, 2.05) is 13.8 Å². The minimum Gasteiger partial charge on any atom is -0.392 e. The van der Waals surface area contributed by atoms with Crippen LogP contribution in [0.25, 0.3) is 0 Å². The van der Waals surface area contributed by atoms with Crippen LogP contribution in [0.4, 0.5) is 0 Å². The normalized spacial score (nSPS) is 25.0. The van der Waals surface area contributed by atoms with Gasteiger partial charge in [-0.2, -0.15) is 13.5 Å². The fraction of sp³-hybridized carbons (Fsp3) is 0.533. The van der Waals surface area contributed by atoms with Crippen LogP contribution in [0.5, 0.6) is 0 Å². The summed E-state index contributed by atoms with van der Waals surface area (Å²) in [7, 11) is -3.64. The van der Waals surface area contributed by atoms with Crippen molar-refractivity contribution in [3.63, 3.8) is 0 Å². The first kappa shape index (κ1) is 16.0. The van der Waals surface area contributed by atoms with Crippen LogP contribution in [0.15, 0.2) is 34.3 Å². The zero-order valence-electron chi connectivity index (χ0n) is 12.4. The molecule has 0 aliphatic heterocycles. The van der Waals surface area contributed by atoms with E-state index in [0.29, 0.717) is 0 Å². The molecule has 1 aromatic carbocycles. The molecule has 1 aliphatic rings. The highest BCUT2D eigenvalue weighted by Crippen LogP contribution is 2.25. The van der Waals surface area contributed by atoms with Gasteiger partial charge in [0.1, 0.15) is 0 Å². The quantitative estimate of drug-likeness (QED) is 0.837. The SMILES string of the molecule is CC[C@@H]1/C(=N/NS(=O)(=O)c2ccc(C)cc2)CCC[C@@H]1O. The first-order chi connectivity index (χ1) is 9.94. The predicted molar refractivity (Wildman–Crippen MR) is 82.6 cm³/mol. The van der Waals surface area contributed by atoms with E-state index in [1.165, 1.54) is 0 Å². The van der Waals surface area contributed by atoms with Gasteiger partial charge in [0.2, 0.25) is 0 Å². The lowest BCUT2D eigenvalue weighted by molar-refractivity contribution is 0.115. The van der Waals surface area contributed by atoms with E-state index in [-0.39, 0.29) is 10.8 Å². The summed E-state index contributed by atoms with van der Waals surface area (Å²) >= 11 is 0. The molecule has 116 valence electrons. The molecule has 0 spiro atoms. The predicted octanol–water partition coefficient (Wildman–Crippen LogP) is 2.20. The molecule has 0 saturated heterocycles. The monoisotopic (exact) mass is 310 g/mol. The van der Waals surface area contributed by atoms with Crippen molar-refractivity contribution in [1.82, 2.24) is 4.83 Å². The number of benzene rings is 1. The average molecular weight is 310 g/mol. The molecular formula is C15H22N2O3S. The summed E-state index contributed by atoms with van der Waals surface area (Å²) in [6, 6.07) is 6.62. The Hall–Kier alpha value is -1.40. The molecule has 1 aliphatic carbocycles. The Morgan fingerprint density at radius 1 is 1.33 bits per heavy atom. The second-order valence-electron chi connectivity index (χ2n) is 5.49. The van der Waals surface area contributed by atoms with Gasteiger partial charge in [0, 0.05) is 11.6 Å². The maximum absolute atomic E-state index is 12.2. The highest BCUT2D eigenvalue weighted by atomic mass is 32.2. The fourth-order valence-electron chi connectivity index (χ4n) is 2.64. The smallest absolute Gasteiger partial charge is 0.276 e. The summed E-state index contributed by atoms with van der Waals surface area (Å²) < 4.78 is 24.4. The van der Waals surface area contributed by atoms with E-state index >= 15 is 0 Å². The largest absolute Gasteiger partial charge is 0.392 e. The minimum absolute atomic E-state index is 0.0560. The molecule has 5 nitrogen and oxygen atoms in total. The van der Waals surface area contributed by atoms with Crippen LogP contribution in [0, 0.1) is 12.8 Å². The summed E-state index contributed by atoms with van der Waals surface area (Å²) in [4.78, 5) is 2.49. The van der Waals surface area contributed by atoms with Crippen LogP contribution < -0.4 is 4.83 Å². The summed E-state index contributed by atoms with van der Waals surface area (Å²) in [5, 5.41) is 14.0. The van der Waals surface area contributed by atoms with Gasteiger partial charge in [-0.05, 0) is 44.7 Å². The van der Waals surface area contributed by atoms with Crippen LogP contribution in [0.1, 0.15) is 38.2 Å². The molecule has 2 atom stereocenters. The van der Waals surface area contributed by atoms with Crippen molar-refractivity contribution < 1.29 is 13.5 Å². The minimum atomic E-state index is -3.64. The number of sulfonamides is 1. The lowest BCUT2D eigenvalue weighted by atomic mass is 9.83. The van der Waals surface area contributed by atoms with E-state index in [1.54, 1.807) is 24.3 Å². The van der Waals surface area contributed by atoms with Crippen molar-refractivity contribution >= 4 is 15.7 Å². The van der Waals surface area contributed by atoms with Crippen molar-refractivity contribution in [3.8, 4) is 0 Å².